The van der Waals surface area contributed by atoms with Crippen molar-refractivity contribution in [3.8, 4) is 5.69 Å². The second kappa shape index (κ2) is 4.95. The smallest absolute Gasteiger partial charge is 0.163 e. The number of nitrogens with zero attached hydrogens (tertiary/aromatic N) is 3. The molecular formula is C9H6Br3N3O. The summed E-state index contributed by atoms with van der Waals surface area (Å²) in [5.74, 6) is 0.490. The maximum atomic E-state index is 9.14. The number of halogens is 3. The fraction of sp³-hybridized carbons (Fsp3) is 0.111. The zero-order valence-corrected chi connectivity index (χ0v) is 12.6. The molecule has 0 bridgehead atoms. The molecule has 0 amide bonds. The molecule has 1 N–H and O–H groups in total. The second-order valence-electron chi connectivity index (χ2n) is 2.99. The summed E-state index contributed by atoms with van der Waals surface area (Å²) in [6.07, 6.45) is 1.56. The van der Waals surface area contributed by atoms with Crippen molar-refractivity contribution < 1.29 is 5.11 Å². The lowest BCUT2D eigenvalue weighted by atomic mass is 10.3. The first-order chi connectivity index (χ1) is 7.63. The topological polar surface area (TPSA) is 50.9 Å². The van der Waals surface area contributed by atoms with Crippen molar-refractivity contribution in [3.05, 3.63) is 37.7 Å². The van der Waals surface area contributed by atoms with E-state index >= 15 is 0 Å². The lowest BCUT2D eigenvalue weighted by Crippen LogP contribution is -2.02. The molecule has 1 aromatic carbocycles. The minimum absolute atomic E-state index is 0.158. The Hall–Kier alpha value is -0.240. The van der Waals surface area contributed by atoms with Gasteiger partial charge in [0.2, 0.25) is 0 Å². The molecule has 84 valence electrons. The number of aliphatic hydroxyl groups excluding tert-OH is 1. The van der Waals surface area contributed by atoms with Gasteiger partial charge in [0.1, 0.15) is 12.9 Å². The van der Waals surface area contributed by atoms with Gasteiger partial charge in [-0.2, -0.15) is 0 Å². The van der Waals surface area contributed by atoms with Gasteiger partial charge in [-0.05, 0) is 44.0 Å². The van der Waals surface area contributed by atoms with Gasteiger partial charge in [-0.3, -0.25) is 4.57 Å². The van der Waals surface area contributed by atoms with Gasteiger partial charge in [0, 0.05) is 13.4 Å². The number of aromatic nitrogens is 3. The Morgan fingerprint density at radius 3 is 2.38 bits per heavy atom. The van der Waals surface area contributed by atoms with Crippen molar-refractivity contribution in [2.75, 3.05) is 0 Å². The van der Waals surface area contributed by atoms with Crippen LogP contribution in [-0.4, -0.2) is 19.9 Å². The molecule has 2 aromatic rings. The van der Waals surface area contributed by atoms with Crippen LogP contribution in [0.25, 0.3) is 5.69 Å². The van der Waals surface area contributed by atoms with Crippen LogP contribution in [0.5, 0.6) is 0 Å². The molecule has 1 aromatic heterocycles. The molecule has 0 aliphatic heterocycles. The van der Waals surface area contributed by atoms with Crippen molar-refractivity contribution in [2.45, 2.75) is 6.61 Å². The Labute approximate surface area is 117 Å². The summed E-state index contributed by atoms with van der Waals surface area (Å²) in [4.78, 5) is 0. The molecule has 0 aliphatic carbocycles. The number of benzene rings is 1. The maximum Gasteiger partial charge on any atom is 0.163 e. The Morgan fingerprint density at radius 2 is 1.81 bits per heavy atom. The molecule has 4 nitrogen and oxygen atoms in total. The average molecular weight is 412 g/mol. The van der Waals surface area contributed by atoms with E-state index in [0.717, 1.165) is 19.1 Å². The molecule has 0 spiro atoms. The zero-order valence-electron chi connectivity index (χ0n) is 7.86. The van der Waals surface area contributed by atoms with E-state index < -0.39 is 0 Å². The standard InChI is InChI=1S/C9H6Br3N3O/c10-5-1-6(11)9(7(12)2-5)15-4-13-14-8(15)3-16/h1-2,4,16H,3H2. The van der Waals surface area contributed by atoms with Gasteiger partial charge < -0.3 is 5.11 Å². The third kappa shape index (κ3) is 2.22. The van der Waals surface area contributed by atoms with Crippen LogP contribution in [0.2, 0.25) is 0 Å². The summed E-state index contributed by atoms with van der Waals surface area (Å²) >= 11 is 10.3. The summed E-state index contributed by atoms with van der Waals surface area (Å²) in [5.41, 5.74) is 0.859. The molecule has 7 heteroatoms. The first kappa shape index (κ1) is 12.2. The third-order valence-electron chi connectivity index (χ3n) is 1.98. The largest absolute Gasteiger partial charge is 0.388 e. The average Bonchev–Trinajstić information content (AvgIpc) is 2.64. The number of hydrogen-bond acceptors (Lipinski definition) is 3. The first-order valence-electron chi connectivity index (χ1n) is 4.28. The van der Waals surface area contributed by atoms with Crippen LogP contribution >= 0.6 is 47.8 Å². The lowest BCUT2D eigenvalue weighted by molar-refractivity contribution is 0.269. The number of hydrogen-bond donors (Lipinski definition) is 1. The zero-order chi connectivity index (χ0) is 11.7. The highest BCUT2D eigenvalue weighted by molar-refractivity contribution is 9.11. The third-order valence-corrected chi connectivity index (χ3v) is 3.65. The molecule has 0 aliphatic rings. The summed E-state index contributed by atoms with van der Waals surface area (Å²) < 4.78 is 4.43. The van der Waals surface area contributed by atoms with E-state index in [1.54, 1.807) is 10.9 Å². The summed E-state index contributed by atoms with van der Waals surface area (Å²) in [5, 5.41) is 16.7. The molecule has 0 saturated heterocycles. The van der Waals surface area contributed by atoms with Gasteiger partial charge in [-0.1, -0.05) is 15.9 Å². The minimum atomic E-state index is -0.158. The van der Waals surface area contributed by atoms with Crippen molar-refractivity contribution in [1.82, 2.24) is 14.8 Å². The van der Waals surface area contributed by atoms with Gasteiger partial charge in [0.25, 0.3) is 0 Å². The van der Waals surface area contributed by atoms with Crippen LogP contribution in [0.3, 0.4) is 0 Å². The van der Waals surface area contributed by atoms with Crippen molar-refractivity contribution in [3.63, 3.8) is 0 Å². The van der Waals surface area contributed by atoms with Crippen molar-refractivity contribution >= 4 is 47.8 Å². The van der Waals surface area contributed by atoms with Gasteiger partial charge in [0.15, 0.2) is 5.82 Å². The fourth-order valence-corrected chi connectivity index (χ4v) is 3.96. The van der Waals surface area contributed by atoms with Crippen molar-refractivity contribution in [1.29, 1.82) is 0 Å². The van der Waals surface area contributed by atoms with Crippen LogP contribution in [0.15, 0.2) is 31.9 Å². The number of aliphatic hydroxyl groups is 1. The Bertz CT molecular complexity index is 503. The van der Waals surface area contributed by atoms with E-state index in [1.807, 2.05) is 12.1 Å². The number of rotatable bonds is 2. The van der Waals surface area contributed by atoms with Gasteiger partial charge in [-0.15, -0.1) is 10.2 Å². The monoisotopic (exact) mass is 409 g/mol. The van der Waals surface area contributed by atoms with Crippen LogP contribution < -0.4 is 0 Å². The lowest BCUT2D eigenvalue weighted by Gasteiger charge is -2.10. The molecule has 0 fully saturated rings. The Balaban J connectivity index is 2.64. The Morgan fingerprint density at radius 1 is 1.19 bits per heavy atom. The highest BCUT2D eigenvalue weighted by Crippen LogP contribution is 2.33. The van der Waals surface area contributed by atoms with Gasteiger partial charge in [-0.25, -0.2) is 0 Å². The van der Waals surface area contributed by atoms with E-state index in [4.69, 9.17) is 5.11 Å². The molecule has 0 saturated carbocycles. The fourth-order valence-electron chi connectivity index (χ4n) is 1.32. The normalized spacial score (nSPS) is 10.8. The highest BCUT2D eigenvalue weighted by atomic mass is 79.9. The van der Waals surface area contributed by atoms with Gasteiger partial charge in [0.05, 0.1) is 5.69 Å². The molecule has 1 heterocycles. The van der Waals surface area contributed by atoms with Gasteiger partial charge >= 0.3 is 0 Å². The molecule has 0 unspecified atom stereocenters. The van der Waals surface area contributed by atoms with Crippen LogP contribution in [0.4, 0.5) is 0 Å². The Kier molecular flexibility index (Phi) is 3.78. The van der Waals surface area contributed by atoms with Crippen LogP contribution in [0, 0.1) is 0 Å². The minimum Gasteiger partial charge on any atom is -0.388 e. The molecule has 0 atom stereocenters. The van der Waals surface area contributed by atoms with E-state index in [9.17, 15) is 0 Å². The molecule has 2 rings (SSSR count). The summed E-state index contributed by atoms with van der Waals surface area (Å²) in [6.45, 7) is -0.158. The maximum absolute atomic E-state index is 9.14. The molecule has 16 heavy (non-hydrogen) atoms. The molecular weight excluding hydrogens is 406 g/mol. The van der Waals surface area contributed by atoms with E-state index in [0.29, 0.717) is 5.82 Å². The predicted molar refractivity (Wildman–Crippen MR) is 70.4 cm³/mol. The van der Waals surface area contributed by atoms with Crippen LogP contribution in [-0.2, 0) is 6.61 Å². The second-order valence-corrected chi connectivity index (χ2v) is 5.62. The SMILES string of the molecule is OCc1nncn1-c1c(Br)cc(Br)cc1Br. The van der Waals surface area contributed by atoms with E-state index in [-0.39, 0.29) is 6.61 Å². The van der Waals surface area contributed by atoms with Crippen molar-refractivity contribution in [2.24, 2.45) is 0 Å². The van der Waals surface area contributed by atoms with E-state index in [2.05, 4.69) is 58.0 Å². The highest BCUT2D eigenvalue weighted by Gasteiger charge is 2.12. The van der Waals surface area contributed by atoms with Crippen LogP contribution in [0.1, 0.15) is 5.82 Å². The van der Waals surface area contributed by atoms with E-state index in [1.165, 1.54) is 0 Å². The molecule has 0 radical (unpaired) electrons. The first-order valence-corrected chi connectivity index (χ1v) is 6.66. The predicted octanol–water partition coefficient (Wildman–Crippen LogP) is 3.05. The summed E-state index contributed by atoms with van der Waals surface area (Å²) in [7, 11) is 0. The summed E-state index contributed by atoms with van der Waals surface area (Å²) in [6, 6.07) is 3.84. The quantitative estimate of drug-likeness (QED) is 0.826.